The number of aliphatic hydroxyl groups is 1. The second kappa shape index (κ2) is 5.74. The Bertz CT molecular complexity index is 220. The minimum absolute atomic E-state index is 0.0164. The van der Waals surface area contributed by atoms with Gasteiger partial charge in [-0.1, -0.05) is 20.3 Å². The molecule has 1 fully saturated rings. The first kappa shape index (κ1) is 14.3. The van der Waals surface area contributed by atoms with Crippen LogP contribution in [-0.4, -0.2) is 29.8 Å². The molecule has 1 aliphatic carbocycles. The van der Waals surface area contributed by atoms with Gasteiger partial charge in [-0.2, -0.15) is 11.8 Å². The minimum atomic E-state index is -0.236. The molecule has 0 heterocycles. The lowest BCUT2D eigenvalue weighted by Gasteiger charge is -2.49. The van der Waals surface area contributed by atoms with Gasteiger partial charge in [0.05, 0.1) is 6.10 Å². The van der Waals surface area contributed by atoms with Crippen LogP contribution in [0.5, 0.6) is 0 Å². The average Bonchev–Trinajstić information content (AvgIpc) is 2.25. The van der Waals surface area contributed by atoms with Gasteiger partial charge in [0.25, 0.3) is 0 Å². The zero-order valence-corrected chi connectivity index (χ0v) is 11.8. The zero-order valence-electron chi connectivity index (χ0n) is 11.0. The third-order valence-electron chi connectivity index (χ3n) is 4.25. The Labute approximate surface area is 104 Å². The van der Waals surface area contributed by atoms with Crippen molar-refractivity contribution in [3.63, 3.8) is 0 Å². The summed E-state index contributed by atoms with van der Waals surface area (Å²) >= 11 is 1.88. The molecule has 0 radical (unpaired) electrons. The highest BCUT2D eigenvalue weighted by molar-refractivity contribution is 7.98. The summed E-state index contributed by atoms with van der Waals surface area (Å²) in [6.45, 7) is 4.98. The highest BCUT2D eigenvalue weighted by Crippen LogP contribution is 2.48. The van der Waals surface area contributed by atoms with Crippen LogP contribution < -0.4 is 5.73 Å². The van der Waals surface area contributed by atoms with Crippen molar-refractivity contribution < 1.29 is 5.11 Å². The van der Waals surface area contributed by atoms with Crippen molar-refractivity contribution in [2.24, 2.45) is 16.6 Å². The molecule has 0 aromatic rings. The standard InChI is InChI=1S/C13H27NOS/c1-12(2)6-4-7-13(10-14,11(12)15)8-5-9-16-3/h11,15H,4-10,14H2,1-3H3. The lowest BCUT2D eigenvalue weighted by molar-refractivity contribution is -0.0926. The summed E-state index contributed by atoms with van der Waals surface area (Å²) in [5, 5.41) is 10.6. The van der Waals surface area contributed by atoms with Gasteiger partial charge in [0.15, 0.2) is 0 Å². The Morgan fingerprint density at radius 2 is 2.06 bits per heavy atom. The van der Waals surface area contributed by atoms with Gasteiger partial charge < -0.3 is 10.8 Å². The molecule has 2 unspecified atom stereocenters. The van der Waals surface area contributed by atoms with E-state index in [1.165, 1.54) is 18.6 Å². The van der Waals surface area contributed by atoms with E-state index in [-0.39, 0.29) is 16.9 Å². The normalized spacial score (nSPS) is 33.9. The monoisotopic (exact) mass is 245 g/mol. The van der Waals surface area contributed by atoms with Gasteiger partial charge in [-0.05, 0) is 43.1 Å². The largest absolute Gasteiger partial charge is 0.392 e. The van der Waals surface area contributed by atoms with Crippen molar-refractivity contribution in [2.45, 2.75) is 52.1 Å². The summed E-state index contributed by atoms with van der Waals surface area (Å²) in [6.07, 6.45) is 7.58. The van der Waals surface area contributed by atoms with Gasteiger partial charge in [-0.15, -0.1) is 0 Å². The molecule has 0 aromatic heterocycles. The topological polar surface area (TPSA) is 46.2 Å². The summed E-state index contributed by atoms with van der Waals surface area (Å²) < 4.78 is 0. The summed E-state index contributed by atoms with van der Waals surface area (Å²) in [5.74, 6) is 1.18. The molecule has 2 atom stereocenters. The fourth-order valence-corrected chi connectivity index (χ4v) is 3.58. The molecule has 0 aliphatic heterocycles. The molecule has 1 saturated carbocycles. The van der Waals surface area contributed by atoms with Crippen LogP contribution >= 0.6 is 11.8 Å². The second-order valence-corrected chi connectivity index (χ2v) is 6.89. The average molecular weight is 245 g/mol. The highest BCUT2D eigenvalue weighted by Gasteiger charge is 2.47. The molecule has 16 heavy (non-hydrogen) atoms. The van der Waals surface area contributed by atoms with E-state index in [4.69, 9.17) is 5.73 Å². The molecule has 1 rings (SSSR count). The second-order valence-electron chi connectivity index (χ2n) is 5.91. The van der Waals surface area contributed by atoms with E-state index >= 15 is 0 Å². The first-order valence-electron chi connectivity index (χ1n) is 6.35. The predicted octanol–water partition coefficient (Wildman–Crippen LogP) is 2.65. The van der Waals surface area contributed by atoms with Crippen molar-refractivity contribution >= 4 is 11.8 Å². The molecule has 0 saturated heterocycles. The van der Waals surface area contributed by atoms with E-state index in [0.29, 0.717) is 6.54 Å². The lowest BCUT2D eigenvalue weighted by atomic mass is 9.59. The van der Waals surface area contributed by atoms with Crippen LogP contribution in [0.2, 0.25) is 0 Å². The minimum Gasteiger partial charge on any atom is -0.392 e. The predicted molar refractivity (Wildman–Crippen MR) is 72.7 cm³/mol. The molecule has 3 N–H and O–H groups in total. The Morgan fingerprint density at radius 3 is 2.62 bits per heavy atom. The fourth-order valence-electron chi connectivity index (χ4n) is 3.14. The van der Waals surface area contributed by atoms with Crippen LogP contribution in [0.25, 0.3) is 0 Å². The third-order valence-corrected chi connectivity index (χ3v) is 4.94. The molecule has 0 spiro atoms. The van der Waals surface area contributed by atoms with Crippen molar-refractivity contribution in [1.82, 2.24) is 0 Å². The van der Waals surface area contributed by atoms with Crippen molar-refractivity contribution in [1.29, 1.82) is 0 Å². The highest BCUT2D eigenvalue weighted by atomic mass is 32.2. The van der Waals surface area contributed by atoms with Gasteiger partial charge >= 0.3 is 0 Å². The number of hydrogen-bond acceptors (Lipinski definition) is 3. The Kier molecular flexibility index (Phi) is 5.14. The molecule has 1 aliphatic rings. The van der Waals surface area contributed by atoms with E-state index in [9.17, 15) is 5.11 Å². The number of thioether (sulfide) groups is 1. The maximum absolute atomic E-state index is 10.6. The first-order valence-corrected chi connectivity index (χ1v) is 7.75. The van der Waals surface area contributed by atoms with Crippen molar-refractivity contribution in [3.8, 4) is 0 Å². The van der Waals surface area contributed by atoms with Crippen molar-refractivity contribution in [3.05, 3.63) is 0 Å². The van der Waals surface area contributed by atoms with Crippen LogP contribution in [0.4, 0.5) is 0 Å². The Morgan fingerprint density at radius 1 is 1.38 bits per heavy atom. The Balaban J connectivity index is 2.69. The molecular weight excluding hydrogens is 218 g/mol. The molecule has 0 bridgehead atoms. The Hall–Kier alpha value is 0.270. The maximum atomic E-state index is 10.6. The summed E-state index contributed by atoms with van der Waals surface area (Å²) in [6, 6.07) is 0. The lowest BCUT2D eigenvalue weighted by Crippen LogP contribution is -2.52. The molecular formula is C13H27NOS. The molecule has 96 valence electrons. The third kappa shape index (κ3) is 2.93. The SMILES string of the molecule is CSCCCC1(CN)CCCC(C)(C)C1O. The fraction of sp³-hybridized carbons (Fsp3) is 1.00. The molecule has 3 heteroatoms. The van der Waals surface area contributed by atoms with Crippen LogP contribution in [-0.2, 0) is 0 Å². The molecule has 0 amide bonds. The molecule has 2 nitrogen and oxygen atoms in total. The van der Waals surface area contributed by atoms with Crippen molar-refractivity contribution in [2.75, 3.05) is 18.6 Å². The van der Waals surface area contributed by atoms with Gasteiger partial charge in [-0.3, -0.25) is 0 Å². The van der Waals surface area contributed by atoms with Gasteiger partial charge in [0.2, 0.25) is 0 Å². The number of aliphatic hydroxyl groups excluding tert-OH is 1. The number of hydrogen-bond donors (Lipinski definition) is 2. The van der Waals surface area contributed by atoms with Gasteiger partial charge in [0, 0.05) is 12.0 Å². The van der Waals surface area contributed by atoms with E-state index in [0.717, 1.165) is 19.3 Å². The number of rotatable bonds is 5. The van der Waals surface area contributed by atoms with E-state index in [1.54, 1.807) is 0 Å². The first-order chi connectivity index (χ1) is 7.48. The summed E-state index contributed by atoms with van der Waals surface area (Å²) in [7, 11) is 0. The summed E-state index contributed by atoms with van der Waals surface area (Å²) in [4.78, 5) is 0. The van der Waals surface area contributed by atoms with Crippen LogP contribution in [0.15, 0.2) is 0 Å². The molecule has 0 aromatic carbocycles. The van der Waals surface area contributed by atoms with Gasteiger partial charge in [-0.25, -0.2) is 0 Å². The summed E-state index contributed by atoms with van der Waals surface area (Å²) in [5.41, 5.74) is 5.99. The van der Waals surface area contributed by atoms with Gasteiger partial charge in [0.1, 0.15) is 0 Å². The number of nitrogens with two attached hydrogens (primary N) is 1. The van der Waals surface area contributed by atoms with E-state index in [2.05, 4.69) is 20.1 Å². The van der Waals surface area contributed by atoms with Crippen LogP contribution in [0.3, 0.4) is 0 Å². The van der Waals surface area contributed by atoms with Crippen LogP contribution in [0.1, 0.15) is 46.0 Å². The van der Waals surface area contributed by atoms with E-state index in [1.807, 2.05) is 11.8 Å². The smallest absolute Gasteiger partial charge is 0.0659 e. The zero-order chi connectivity index (χ0) is 12.2. The quantitative estimate of drug-likeness (QED) is 0.732. The maximum Gasteiger partial charge on any atom is 0.0659 e. The van der Waals surface area contributed by atoms with E-state index < -0.39 is 0 Å². The van der Waals surface area contributed by atoms with Crippen LogP contribution in [0, 0.1) is 10.8 Å².